The second-order valence-electron chi connectivity index (χ2n) is 5.55. The van der Waals surface area contributed by atoms with E-state index < -0.39 is 24.6 Å². The first kappa shape index (κ1) is 17.0. The van der Waals surface area contributed by atoms with Gasteiger partial charge in [0.15, 0.2) is 0 Å². The van der Waals surface area contributed by atoms with E-state index in [1.54, 1.807) is 42.5 Å². The Morgan fingerprint density at radius 3 is 2.12 bits per heavy atom. The number of nitrogens with zero attached hydrogens (tertiary/aromatic N) is 1. The van der Waals surface area contributed by atoms with E-state index in [2.05, 4.69) is 6.58 Å². The Hall–Kier alpha value is -2.82. The molecule has 3 rings (SSSR count). The van der Waals surface area contributed by atoms with E-state index >= 15 is 0 Å². The molecule has 2 aromatic rings. The highest BCUT2D eigenvalue weighted by molar-refractivity contribution is 5.97. The van der Waals surface area contributed by atoms with E-state index in [-0.39, 0.29) is 17.0 Å². The van der Waals surface area contributed by atoms with Gasteiger partial charge in [-0.15, -0.1) is 0 Å². The summed E-state index contributed by atoms with van der Waals surface area (Å²) in [6.45, 7) is 3.03. The monoisotopic (exact) mass is 345 g/mol. The molecular formula is C20H15F4N. The molecule has 0 fully saturated rings. The SMILES string of the molecule is C=C1C=CC(c2ccccc2)=C(c2c(F)cccc2F)N1CC(F)F. The zero-order valence-corrected chi connectivity index (χ0v) is 13.2. The number of rotatable bonds is 4. The van der Waals surface area contributed by atoms with Crippen LogP contribution in [-0.2, 0) is 0 Å². The average molecular weight is 345 g/mol. The maximum absolute atomic E-state index is 14.4. The molecule has 5 heteroatoms. The van der Waals surface area contributed by atoms with Gasteiger partial charge in [-0.25, -0.2) is 17.6 Å². The van der Waals surface area contributed by atoms with Crippen LogP contribution in [0.5, 0.6) is 0 Å². The summed E-state index contributed by atoms with van der Waals surface area (Å²) in [7, 11) is 0. The lowest BCUT2D eigenvalue weighted by Gasteiger charge is -2.33. The van der Waals surface area contributed by atoms with Gasteiger partial charge in [0.1, 0.15) is 11.6 Å². The van der Waals surface area contributed by atoms with Gasteiger partial charge in [0.25, 0.3) is 6.43 Å². The van der Waals surface area contributed by atoms with E-state index in [9.17, 15) is 17.6 Å². The molecule has 0 N–H and O–H groups in total. The van der Waals surface area contributed by atoms with Crippen LogP contribution in [0.25, 0.3) is 11.3 Å². The fourth-order valence-electron chi connectivity index (χ4n) is 2.83. The van der Waals surface area contributed by atoms with Crippen LogP contribution in [0.4, 0.5) is 17.6 Å². The summed E-state index contributed by atoms with van der Waals surface area (Å²) in [5.41, 5.74) is 1.08. The Labute approximate surface area is 143 Å². The molecule has 128 valence electrons. The van der Waals surface area contributed by atoms with Gasteiger partial charge in [-0.1, -0.05) is 49.1 Å². The molecule has 0 unspecified atom stereocenters. The van der Waals surface area contributed by atoms with Gasteiger partial charge >= 0.3 is 0 Å². The zero-order chi connectivity index (χ0) is 18.0. The van der Waals surface area contributed by atoms with E-state index in [0.717, 1.165) is 17.0 Å². The molecule has 25 heavy (non-hydrogen) atoms. The van der Waals surface area contributed by atoms with Gasteiger partial charge in [-0.05, 0) is 23.8 Å². The zero-order valence-electron chi connectivity index (χ0n) is 13.2. The van der Waals surface area contributed by atoms with Crippen molar-refractivity contribution in [1.82, 2.24) is 4.90 Å². The Balaban J connectivity index is 2.30. The molecule has 0 atom stereocenters. The number of hydrogen-bond donors (Lipinski definition) is 0. The van der Waals surface area contributed by atoms with Crippen LogP contribution >= 0.6 is 0 Å². The van der Waals surface area contributed by atoms with E-state index in [1.807, 2.05) is 0 Å². The highest BCUT2D eigenvalue weighted by atomic mass is 19.3. The number of alkyl halides is 2. The molecule has 0 bridgehead atoms. The molecule has 0 aliphatic carbocycles. The van der Waals surface area contributed by atoms with Crippen molar-refractivity contribution in [3.8, 4) is 0 Å². The number of benzene rings is 2. The van der Waals surface area contributed by atoms with Crippen LogP contribution < -0.4 is 0 Å². The van der Waals surface area contributed by atoms with Crippen LogP contribution in [0, 0.1) is 11.6 Å². The van der Waals surface area contributed by atoms with Crippen molar-refractivity contribution >= 4 is 11.3 Å². The third-order valence-electron chi connectivity index (χ3n) is 3.92. The van der Waals surface area contributed by atoms with Crippen LogP contribution in [0.1, 0.15) is 11.1 Å². The molecule has 0 amide bonds. The lowest BCUT2D eigenvalue weighted by molar-refractivity contribution is 0.123. The van der Waals surface area contributed by atoms with Crippen LogP contribution in [-0.4, -0.2) is 17.9 Å². The Bertz CT molecular complexity index is 833. The Morgan fingerprint density at radius 1 is 0.880 bits per heavy atom. The minimum atomic E-state index is -2.69. The largest absolute Gasteiger partial charge is 0.335 e. The molecule has 1 aliphatic heterocycles. The van der Waals surface area contributed by atoms with E-state index in [0.29, 0.717) is 11.1 Å². The van der Waals surface area contributed by atoms with Crippen molar-refractivity contribution in [3.63, 3.8) is 0 Å². The molecule has 1 heterocycles. The summed E-state index contributed by atoms with van der Waals surface area (Å²) < 4.78 is 55.0. The molecule has 2 aromatic carbocycles. The van der Waals surface area contributed by atoms with Crippen LogP contribution in [0.2, 0.25) is 0 Å². The van der Waals surface area contributed by atoms with Gasteiger partial charge in [-0.3, -0.25) is 0 Å². The highest BCUT2D eigenvalue weighted by Crippen LogP contribution is 2.38. The first-order valence-electron chi connectivity index (χ1n) is 7.66. The maximum atomic E-state index is 14.4. The quantitative estimate of drug-likeness (QED) is 0.663. The standard InChI is InChI=1S/C20H15F4N/c1-13-10-11-15(14-6-3-2-4-7-14)20(25(13)12-18(23)24)19-16(21)8-5-9-17(19)22/h2-11,18H,1,12H2. The van der Waals surface area contributed by atoms with Crippen molar-refractivity contribution in [2.45, 2.75) is 6.43 Å². The van der Waals surface area contributed by atoms with Crippen LogP contribution in [0.3, 0.4) is 0 Å². The third-order valence-corrected chi connectivity index (χ3v) is 3.92. The summed E-state index contributed by atoms with van der Waals surface area (Å²) in [6.07, 6.45) is 0.512. The summed E-state index contributed by atoms with van der Waals surface area (Å²) in [4.78, 5) is 1.16. The van der Waals surface area contributed by atoms with E-state index in [4.69, 9.17) is 0 Å². The number of halogens is 4. The van der Waals surface area contributed by atoms with Gasteiger partial charge < -0.3 is 4.90 Å². The molecular weight excluding hydrogens is 330 g/mol. The fraction of sp³-hybridized carbons (Fsp3) is 0.100. The molecule has 1 aliphatic rings. The molecule has 1 nitrogen and oxygen atoms in total. The van der Waals surface area contributed by atoms with Gasteiger partial charge in [-0.2, -0.15) is 0 Å². The van der Waals surface area contributed by atoms with Gasteiger partial charge in [0.05, 0.1) is 17.8 Å². The summed E-state index contributed by atoms with van der Waals surface area (Å²) >= 11 is 0. The topological polar surface area (TPSA) is 3.24 Å². The molecule has 0 radical (unpaired) electrons. The summed E-state index contributed by atoms with van der Waals surface area (Å²) in [5.74, 6) is -1.63. The normalized spacial score (nSPS) is 14.6. The van der Waals surface area contributed by atoms with Crippen molar-refractivity contribution in [1.29, 1.82) is 0 Å². The Kier molecular flexibility index (Phi) is 4.74. The first-order valence-corrected chi connectivity index (χ1v) is 7.66. The first-order chi connectivity index (χ1) is 12.0. The molecule has 0 aromatic heterocycles. The number of hydrogen-bond acceptors (Lipinski definition) is 1. The van der Waals surface area contributed by atoms with Crippen molar-refractivity contribution in [2.24, 2.45) is 0 Å². The van der Waals surface area contributed by atoms with Crippen molar-refractivity contribution in [2.75, 3.05) is 6.54 Å². The predicted octanol–water partition coefficient (Wildman–Crippen LogP) is 5.48. The minimum absolute atomic E-state index is 0.0506. The van der Waals surface area contributed by atoms with Crippen molar-refractivity contribution in [3.05, 3.63) is 95.7 Å². The lowest BCUT2D eigenvalue weighted by Crippen LogP contribution is -2.29. The Morgan fingerprint density at radius 2 is 1.52 bits per heavy atom. The van der Waals surface area contributed by atoms with Crippen molar-refractivity contribution < 1.29 is 17.6 Å². The smallest absolute Gasteiger partial charge is 0.256 e. The maximum Gasteiger partial charge on any atom is 0.256 e. The molecule has 0 saturated heterocycles. The summed E-state index contributed by atoms with van der Waals surface area (Å²) in [6, 6.07) is 12.3. The highest BCUT2D eigenvalue weighted by Gasteiger charge is 2.28. The predicted molar refractivity (Wildman–Crippen MR) is 90.6 cm³/mol. The van der Waals surface area contributed by atoms with E-state index in [1.165, 1.54) is 6.07 Å². The molecule has 0 spiro atoms. The minimum Gasteiger partial charge on any atom is -0.335 e. The van der Waals surface area contributed by atoms with Gasteiger partial charge in [0.2, 0.25) is 0 Å². The number of allylic oxidation sites excluding steroid dienone is 3. The molecule has 0 saturated carbocycles. The third kappa shape index (κ3) is 3.36. The van der Waals surface area contributed by atoms with Crippen LogP contribution in [0.15, 0.2) is 73.0 Å². The lowest BCUT2D eigenvalue weighted by atomic mass is 9.94. The fourth-order valence-corrected chi connectivity index (χ4v) is 2.83. The average Bonchev–Trinajstić information content (AvgIpc) is 2.58. The van der Waals surface area contributed by atoms with Gasteiger partial charge in [0, 0.05) is 11.3 Å². The second kappa shape index (κ2) is 6.97. The second-order valence-corrected chi connectivity index (χ2v) is 5.55. The summed E-state index contributed by atoms with van der Waals surface area (Å²) in [5, 5.41) is 0.